The van der Waals surface area contributed by atoms with Gasteiger partial charge in [0.1, 0.15) is 5.69 Å². The summed E-state index contributed by atoms with van der Waals surface area (Å²) >= 11 is 0. The number of nitrogens with one attached hydrogen (secondary N) is 1. The normalized spacial score (nSPS) is 10.2. The first kappa shape index (κ1) is 11.3. The predicted molar refractivity (Wildman–Crippen MR) is 62.8 cm³/mol. The van der Waals surface area contributed by atoms with Crippen LogP contribution in [0.4, 0.5) is 5.82 Å². The minimum Gasteiger partial charge on any atom is -0.302 e. The number of hydrogen-bond acceptors (Lipinski definition) is 4. The fourth-order valence-corrected chi connectivity index (χ4v) is 1.54. The maximum Gasteiger partial charge on any atom is 0.257 e. The number of carbonyl (C=O) groups is 1. The molecule has 88 valence electrons. The van der Waals surface area contributed by atoms with Gasteiger partial charge in [-0.15, -0.1) is 0 Å². The molecule has 0 spiro atoms. The Balaban J connectivity index is 2.20. The van der Waals surface area contributed by atoms with Crippen molar-refractivity contribution in [2.24, 2.45) is 0 Å². The van der Waals surface area contributed by atoms with E-state index in [0.717, 1.165) is 5.56 Å². The zero-order chi connectivity index (χ0) is 12.3. The molecule has 0 aliphatic carbocycles. The average molecular weight is 231 g/mol. The molecule has 0 aliphatic heterocycles. The fraction of sp³-hybridized carbons (Fsp3) is 0.250. The highest BCUT2D eigenvalue weighted by atomic mass is 16.6. The molecule has 1 aromatic carbocycles. The number of nitrogens with zero attached hydrogens (tertiary/aromatic N) is 2. The molecule has 1 amide bonds. The zero-order valence-corrected chi connectivity index (χ0v) is 9.73. The lowest BCUT2D eigenvalue weighted by atomic mass is 10.1. The molecule has 0 saturated carbocycles. The van der Waals surface area contributed by atoms with Gasteiger partial charge in [-0.3, -0.25) is 4.79 Å². The van der Waals surface area contributed by atoms with E-state index < -0.39 is 0 Å². The second-order valence-electron chi connectivity index (χ2n) is 3.68. The molecule has 1 heterocycles. The average Bonchev–Trinajstić information content (AvgIpc) is 2.76. The second kappa shape index (κ2) is 4.78. The van der Waals surface area contributed by atoms with Gasteiger partial charge in [0.25, 0.3) is 5.91 Å². The van der Waals surface area contributed by atoms with Crippen molar-refractivity contribution in [3.63, 3.8) is 0 Å². The van der Waals surface area contributed by atoms with E-state index in [1.807, 2.05) is 32.0 Å². The third-order valence-corrected chi connectivity index (χ3v) is 2.51. The lowest BCUT2D eigenvalue weighted by Crippen LogP contribution is -2.14. The van der Waals surface area contributed by atoms with Gasteiger partial charge in [0.15, 0.2) is 0 Å². The molecule has 1 N–H and O–H groups in total. The first-order valence-corrected chi connectivity index (χ1v) is 5.40. The van der Waals surface area contributed by atoms with Crippen molar-refractivity contribution in [3.8, 4) is 0 Å². The van der Waals surface area contributed by atoms with Crippen LogP contribution in [-0.4, -0.2) is 16.2 Å². The van der Waals surface area contributed by atoms with Gasteiger partial charge in [-0.1, -0.05) is 30.3 Å². The van der Waals surface area contributed by atoms with Crippen LogP contribution >= 0.6 is 0 Å². The number of anilines is 1. The van der Waals surface area contributed by atoms with E-state index in [9.17, 15) is 4.79 Å². The van der Waals surface area contributed by atoms with Gasteiger partial charge in [0, 0.05) is 5.56 Å². The van der Waals surface area contributed by atoms with Crippen molar-refractivity contribution in [2.75, 3.05) is 5.32 Å². The van der Waals surface area contributed by atoms with Crippen molar-refractivity contribution in [1.82, 2.24) is 10.3 Å². The minimum absolute atomic E-state index is 0.200. The Bertz CT molecular complexity index is 534. The van der Waals surface area contributed by atoms with E-state index in [-0.39, 0.29) is 5.91 Å². The van der Waals surface area contributed by atoms with Gasteiger partial charge in [-0.05, 0) is 30.1 Å². The number of aromatic nitrogens is 2. The van der Waals surface area contributed by atoms with Crippen LogP contribution in [0.25, 0.3) is 0 Å². The Hall–Kier alpha value is -2.17. The summed E-state index contributed by atoms with van der Waals surface area (Å²) in [5.74, 6) is 0.189. The maximum atomic E-state index is 12.0. The van der Waals surface area contributed by atoms with Crippen LogP contribution in [0.3, 0.4) is 0 Å². The van der Waals surface area contributed by atoms with Gasteiger partial charge in [0.05, 0.1) is 0 Å². The minimum atomic E-state index is -0.200. The van der Waals surface area contributed by atoms with Crippen LogP contribution < -0.4 is 5.32 Å². The smallest absolute Gasteiger partial charge is 0.257 e. The van der Waals surface area contributed by atoms with Crippen molar-refractivity contribution < 1.29 is 9.42 Å². The van der Waals surface area contributed by atoms with Crippen LogP contribution in [0.1, 0.15) is 28.5 Å². The number of rotatable bonds is 3. The monoisotopic (exact) mass is 231 g/mol. The van der Waals surface area contributed by atoms with Crippen LogP contribution in [0.15, 0.2) is 28.9 Å². The van der Waals surface area contributed by atoms with Crippen molar-refractivity contribution in [3.05, 3.63) is 41.1 Å². The van der Waals surface area contributed by atoms with Crippen LogP contribution in [-0.2, 0) is 6.42 Å². The van der Waals surface area contributed by atoms with Crippen molar-refractivity contribution >= 4 is 11.7 Å². The molecule has 17 heavy (non-hydrogen) atoms. The first-order chi connectivity index (χ1) is 8.22. The molecule has 0 unspecified atom stereocenters. The van der Waals surface area contributed by atoms with E-state index in [2.05, 4.69) is 20.3 Å². The van der Waals surface area contributed by atoms with Crippen molar-refractivity contribution in [2.45, 2.75) is 20.3 Å². The largest absolute Gasteiger partial charge is 0.302 e. The van der Waals surface area contributed by atoms with Gasteiger partial charge in [-0.2, -0.15) is 0 Å². The van der Waals surface area contributed by atoms with Crippen molar-refractivity contribution in [1.29, 1.82) is 0 Å². The Morgan fingerprint density at radius 1 is 1.35 bits per heavy atom. The van der Waals surface area contributed by atoms with Gasteiger partial charge >= 0.3 is 0 Å². The number of amides is 1. The molecule has 2 rings (SSSR count). The van der Waals surface area contributed by atoms with Gasteiger partial charge in [-0.25, -0.2) is 4.63 Å². The first-order valence-electron chi connectivity index (χ1n) is 5.40. The Labute approximate surface area is 98.8 Å². The molecule has 0 fully saturated rings. The number of aryl methyl sites for hydroxylation is 2. The van der Waals surface area contributed by atoms with E-state index in [4.69, 9.17) is 0 Å². The highest BCUT2D eigenvalue weighted by Crippen LogP contribution is 2.13. The van der Waals surface area contributed by atoms with Crippen LogP contribution in [0, 0.1) is 6.92 Å². The third kappa shape index (κ3) is 2.33. The van der Waals surface area contributed by atoms with E-state index >= 15 is 0 Å². The molecule has 0 atom stereocenters. The molecular weight excluding hydrogens is 218 g/mol. The zero-order valence-electron chi connectivity index (χ0n) is 9.73. The summed E-state index contributed by atoms with van der Waals surface area (Å²) in [6.07, 6.45) is 0.660. The van der Waals surface area contributed by atoms with Gasteiger partial charge < -0.3 is 5.32 Å². The SMILES string of the molecule is CCc1nonc1NC(=O)c1ccccc1C. The quantitative estimate of drug-likeness (QED) is 0.879. The molecule has 0 radical (unpaired) electrons. The van der Waals surface area contributed by atoms with E-state index in [1.54, 1.807) is 6.07 Å². The number of benzene rings is 1. The lowest BCUT2D eigenvalue weighted by Gasteiger charge is -2.04. The molecule has 0 saturated heterocycles. The third-order valence-electron chi connectivity index (χ3n) is 2.51. The van der Waals surface area contributed by atoms with E-state index in [0.29, 0.717) is 23.5 Å². The fourth-order valence-electron chi connectivity index (χ4n) is 1.54. The summed E-state index contributed by atoms with van der Waals surface area (Å²) in [5, 5.41) is 10.1. The highest BCUT2D eigenvalue weighted by Gasteiger charge is 2.14. The molecule has 5 heteroatoms. The Morgan fingerprint density at radius 3 is 2.82 bits per heavy atom. The van der Waals surface area contributed by atoms with Crippen LogP contribution in [0.2, 0.25) is 0 Å². The van der Waals surface area contributed by atoms with E-state index in [1.165, 1.54) is 0 Å². The Morgan fingerprint density at radius 2 is 2.12 bits per heavy atom. The van der Waals surface area contributed by atoms with Crippen LogP contribution in [0.5, 0.6) is 0 Å². The van der Waals surface area contributed by atoms with Gasteiger partial charge in [0.2, 0.25) is 5.82 Å². The summed E-state index contributed by atoms with van der Waals surface area (Å²) < 4.78 is 4.59. The topological polar surface area (TPSA) is 68.0 Å². The molecular formula is C12H13N3O2. The second-order valence-corrected chi connectivity index (χ2v) is 3.68. The highest BCUT2D eigenvalue weighted by molar-refractivity contribution is 6.04. The molecule has 5 nitrogen and oxygen atoms in total. The maximum absolute atomic E-state index is 12.0. The summed E-state index contributed by atoms with van der Waals surface area (Å²) in [4.78, 5) is 12.0. The predicted octanol–water partition coefficient (Wildman–Crippen LogP) is 2.19. The Kier molecular flexibility index (Phi) is 3.18. The summed E-state index contributed by atoms with van der Waals surface area (Å²) in [6, 6.07) is 7.37. The number of hydrogen-bond donors (Lipinski definition) is 1. The molecule has 1 aromatic heterocycles. The summed E-state index contributed by atoms with van der Waals surface area (Å²) in [7, 11) is 0. The molecule has 2 aromatic rings. The summed E-state index contributed by atoms with van der Waals surface area (Å²) in [6.45, 7) is 3.81. The summed E-state index contributed by atoms with van der Waals surface area (Å²) in [5.41, 5.74) is 2.18. The number of carbonyl (C=O) groups excluding carboxylic acids is 1. The standard InChI is InChI=1S/C12H13N3O2/c1-3-10-11(15-17-14-10)13-12(16)9-7-5-4-6-8(9)2/h4-7H,3H2,1-2H3,(H,13,15,16). The lowest BCUT2D eigenvalue weighted by molar-refractivity contribution is 0.102. The molecule has 0 aliphatic rings. The molecule has 0 bridgehead atoms.